The summed E-state index contributed by atoms with van der Waals surface area (Å²) in [6.45, 7) is 0.707. The highest BCUT2D eigenvalue weighted by Gasteiger charge is 2.26. The number of piperidine rings is 1. The van der Waals surface area contributed by atoms with Crippen molar-refractivity contribution in [1.82, 2.24) is 5.32 Å². The van der Waals surface area contributed by atoms with Crippen LogP contribution in [0.4, 0.5) is 4.39 Å². The zero-order valence-electron chi connectivity index (χ0n) is 6.92. The smallest absolute Gasteiger partial charge is 0.155 e. The molecule has 0 aromatic heterocycles. The molecule has 72 valence electrons. The van der Waals surface area contributed by atoms with Crippen molar-refractivity contribution < 1.29 is 12.8 Å². The Kier molecular flexibility index (Phi) is 3.46. The summed E-state index contributed by atoms with van der Waals surface area (Å²) in [5.41, 5.74) is 0. The lowest BCUT2D eigenvalue weighted by molar-refractivity contribution is 0.482. The van der Waals surface area contributed by atoms with Crippen molar-refractivity contribution in [1.29, 1.82) is 0 Å². The zero-order chi connectivity index (χ0) is 9.03. The Morgan fingerprint density at radius 1 is 1.33 bits per heavy atom. The van der Waals surface area contributed by atoms with E-state index >= 15 is 0 Å². The van der Waals surface area contributed by atoms with Crippen molar-refractivity contribution in [3.8, 4) is 0 Å². The monoisotopic (exact) mass is 195 g/mol. The largest absolute Gasteiger partial charge is 0.317 e. The van der Waals surface area contributed by atoms with Gasteiger partial charge in [0.25, 0.3) is 0 Å². The molecule has 1 aliphatic rings. The van der Waals surface area contributed by atoms with E-state index in [0.29, 0.717) is 12.8 Å². The van der Waals surface area contributed by atoms with Gasteiger partial charge >= 0.3 is 0 Å². The van der Waals surface area contributed by atoms with Crippen LogP contribution in [0.15, 0.2) is 0 Å². The van der Waals surface area contributed by atoms with E-state index in [9.17, 15) is 12.8 Å². The van der Waals surface area contributed by atoms with Gasteiger partial charge in [0.15, 0.2) is 9.84 Å². The Morgan fingerprint density at radius 2 is 1.92 bits per heavy atom. The van der Waals surface area contributed by atoms with Gasteiger partial charge in [0.2, 0.25) is 0 Å². The fourth-order valence-electron chi connectivity index (χ4n) is 1.43. The van der Waals surface area contributed by atoms with Crippen LogP contribution >= 0.6 is 0 Å². The third kappa shape index (κ3) is 2.42. The number of sulfone groups is 1. The molecule has 1 fully saturated rings. The highest BCUT2D eigenvalue weighted by molar-refractivity contribution is 7.92. The second kappa shape index (κ2) is 4.18. The molecule has 1 N–H and O–H groups in total. The lowest BCUT2D eigenvalue weighted by Gasteiger charge is -2.21. The topological polar surface area (TPSA) is 46.2 Å². The molecule has 0 saturated carbocycles. The molecule has 1 rings (SSSR count). The molecular weight excluding hydrogens is 181 g/mol. The zero-order valence-corrected chi connectivity index (χ0v) is 7.74. The number of alkyl halides is 1. The lowest BCUT2D eigenvalue weighted by Crippen LogP contribution is -2.37. The van der Waals surface area contributed by atoms with E-state index in [1.807, 2.05) is 0 Å². The van der Waals surface area contributed by atoms with Gasteiger partial charge in [0, 0.05) is 0 Å². The second-order valence-electron chi connectivity index (χ2n) is 3.01. The molecule has 0 aromatic carbocycles. The molecule has 5 heteroatoms. The molecule has 1 heterocycles. The second-order valence-corrected chi connectivity index (χ2v) is 5.41. The molecule has 0 atom stereocenters. The van der Waals surface area contributed by atoms with Crippen molar-refractivity contribution in [2.75, 3.05) is 25.5 Å². The fourth-order valence-corrected chi connectivity index (χ4v) is 2.93. The van der Waals surface area contributed by atoms with Crippen LogP contribution in [0, 0.1) is 0 Å². The maximum Gasteiger partial charge on any atom is 0.155 e. The van der Waals surface area contributed by atoms with Crippen molar-refractivity contribution >= 4 is 9.84 Å². The van der Waals surface area contributed by atoms with Crippen LogP contribution < -0.4 is 5.32 Å². The van der Waals surface area contributed by atoms with Crippen molar-refractivity contribution in [3.05, 3.63) is 0 Å². The van der Waals surface area contributed by atoms with Crippen LogP contribution in [-0.2, 0) is 9.84 Å². The van der Waals surface area contributed by atoms with Gasteiger partial charge in [-0.05, 0) is 25.9 Å². The van der Waals surface area contributed by atoms with Crippen molar-refractivity contribution in [2.45, 2.75) is 18.1 Å². The Balaban J connectivity index is 2.54. The van der Waals surface area contributed by atoms with Crippen LogP contribution in [0.1, 0.15) is 12.8 Å². The Morgan fingerprint density at radius 3 is 2.42 bits per heavy atom. The average molecular weight is 195 g/mol. The van der Waals surface area contributed by atoms with E-state index in [4.69, 9.17) is 0 Å². The van der Waals surface area contributed by atoms with Gasteiger partial charge in [-0.1, -0.05) is 0 Å². The molecule has 3 nitrogen and oxygen atoms in total. The predicted octanol–water partition coefficient (Wildman–Crippen LogP) is 0.123. The summed E-state index contributed by atoms with van der Waals surface area (Å²) in [5, 5.41) is 2.76. The maximum atomic E-state index is 11.8. The van der Waals surface area contributed by atoms with Crippen LogP contribution in [0.25, 0.3) is 0 Å². The van der Waals surface area contributed by atoms with Gasteiger partial charge < -0.3 is 5.32 Å². The molecule has 0 bridgehead atoms. The standard InChI is InChI=1S/C7H14FNO2S/c8-3-6-12(10,11)7-1-4-9-5-2-7/h7,9H,1-6H2. The van der Waals surface area contributed by atoms with Crippen molar-refractivity contribution in [3.63, 3.8) is 0 Å². The number of rotatable bonds is 3. The molecule has 1 saturated heterocycles. The van der Waals surface area contributed by atoms with E-state index < -0.39 is 16.5 Å². The quantitative estimate of drug-likeness (QED) is 0.696. The minimum absolute atomic E-state index is 0.308. The molecule has 12 heavy (non-hydrogen) atoms. The van der Waals surface area contributed by atoms with Gasteiger partial charge in [-0.15, -0.1) is 0 Å². The van der Waals surface area contributed by atoms with Crippen LogP contribution in [-0.4, -0.2) is 39.2 Å². The summed E-state index contributed by atoms with van der Waals surface area (Å²) in [6.07, 6.45) is 1.25. The molecule has 0 amide bonds. The number of hydrogen-bond acceptors (Lipinski definition) is 3. The number of hydrogen-bond donors (Lipinski definition) is 1. The Labute approximate surface area is 72.3 Å². The van der Waals surface area contributed by atoms with Gasteiger partial charge in [-0.25, -0.2) is 12.8 Å². The SMILES string of the molecule is O=S(=O)(CCF)C1CCNCC1. The van der Waals surface area contributed by atoms with E-state index in [0.717, 1.165) is 13.1 Å². The highest BCUT2D eigenvalue weighted by atomic mass is 32.2. The summed E-state index contributed by atoms with van der Waals surface area (Å²) in [5.74, 6) is -0.308. The molecule has 1 aliphatic heterocycles. The van der Waals surface area contributed by atoms with E-state index in [1.54, 1.807) is 0 Å². The molecule has 0 spiro atoms. The van der Waals surface area contributed by atoms with Crippen LogP contribution in [0.5, 0.6) is 0 Å². The molecule has 0 radical (unpaired) electrons. The summed E-state index contributed by atoms with van der Waals surface area (Å²) in [6, 6.07) is 0. The van der Waals surface area contributed by atoms with Crippen molar-refractivity contribution in [2.24, 2.45) is 0 Å². The first-order valence-electron chi connectivity index (χ1n) is 4.15. The first-order chi connectivity index (χ1) is 5.67. The third-order valence-corrected chi connectivity index (χ3v) is 4.37. The lowest BCUT2D eigenvalue weighted by atomic mass is 10.2. The maximum absolute atomic E-state index is 11.8. The normalized spacial score (nSPS) is 21.1. The average Bonchev–Trinajstić information content (AvgIpc) is 2.06. The first kappa shape index (κ1) is 9.92. The highest BCUT2D eigenvalue weighted by Crippen LogP contribution is 2.13. The van der Waals surface area contributed by atoms with Gasteiger partial charge in [-0.3, -0.25) is 0 Å². The van der Waals surface area contributed by atoms with E-state index in [-0.39, 0.29) is 11.0 Å². The van der Waals surface area contributed by atoms with Gasteiger partial charge in [0.05, 0.1) is 11.0 Å². The van der Waals surface area contributed by atoms with Crippen LogP contribution in [0.3, 0.4) is 0 Å². The Hall–Kier alpha value is -0.160. The van der Waals surface area contributed by atoms with Gasteiger partial charge in [-0.2, -0.15) is 0 Å². The number of nitrogens with one attached hydrogen (secondary N) is 1. The predicted molar refractivity (Wildman–Crippen MR) is 45.7 cm³/mol. The molecular formula is C7H14FNO2S. The molecule has 0 aliphatic carbocycles. The Bertz CT molecular complexity index is 222. The molecule has 0 aromatic rings. The third-order valence-electron chi connectivity index (χ3n) is 2.16. The summed E-state index contributed by atoms with van der Waals surface area (Å²) in [4.78, 5) is 0. The minimum Gasteiger partial charge on any atom is -0.317 e. The number of halogens is 1. The summed E-state index contributed by atoms with van der Waals surface area (Å²) in [7, 11) is -3.15. The van der Waals surface area contributed by atoms with E-state index in [2.05, 4.69) is 5.32 Å². The fraction of sp³-hybridized carbons (Fsp3) is 1.00. The summed E-state index contributed by atoms with van der Waals surface area (Å²) >= 11 is 0. The minimum atomic E-state index is -3.15. The first-order valence-corrected chi connectivity index (χ1v) is 5.86. The summed E-state index contributed by atoms with van der Waals surface area (Å²) < 4.78 is 34.5. The van der Waals surface area contributed by atoms with Gasteiger partial charge in [0.1, 0.15) is 6.67 Å². The molecule has 0 unspecified atom stereocenters. The van der Waals surface area contributed by atoms with E-state index in [1.165, 1.54) is 0 Å². The van der Waals surface area contributed by atoms with Crippen LogP contribution in [0.2, 0.25) is 0 Å².